The third kappa shape index (κ3) is 3.86. The lowest BCUT2D eigenvalue weighted by Crippen LogP contribution is -2.54. The van der Waals surface area contributed by atoms with E-state index in [4.69, 9.17) is 0 Å². The number of carbonyl (C=O) groups is 3. The predicted molar refractivity (Wildman–Crippen MR) is 132 cm³/mol. The van der Waals surface area contributed by atoms with Crippen LogP contribution in [0.5, 0.6) is 0 Å². The molecule has 0 bridgehead atoms. The number of aryl methyl sites for hydroxylation is 2. The van der Waals surface area contributed by atoms with Crippen LogP contribution in [-0.4, -0.2) is 29.9 Å². The van der Waals surface area contributed by atoms with Crippen LogP contribution in [0, 0.1) is 13.8 Å². The Bertz CT molecular complexity index is 1250. The zero-order chi connectivity index (χ0) is 24.1. The molecule has 4 rings (SSSR count). The number of benzene rings is 2. The SMILES string of the molecule is CCN1c2ccc(/C=C3/C(=O)NC(=O)N(c4ccc(C)c(C)c4)C3=O)cc2C(C)=CC1(C)C. The standard InChI is InChI=1S/C27H29N3O3/c1-7-29-23-11-9-19(13-21(23)18(4)15-27(29,5)6)14-22-24(31)28-26(33)30(25(22)32)20-10-8-16(2)17(3)12-20/h8-15H,7H2,1-6H3,(H,28,31,33)/b22-14-. The summed E-state index contributed by atoms with van der Waals surface area (Å²) in [6.07, 6.45) is 3.79. The molecule has 1 fully saturated rings. The van der Waals surface area contributed by atoms with Crippen LogP contribution >= 0.6 is 0 Å². The first kappa shape index (κ1) is 22.5. The van der Waals surface area contributed by atoms with Gasteiger partial charge in [0.05, 0.1) is 11.2 Å². The highest BCUT2D eigenvalue weighted by Gasteiger charge is 2.37. The van der Waals surface area contributed by atoms with Crippen molar-refractivity contribution in [2.24, 2.45) is 0 Å². The van der Waals surface area contributed by atoms with Crippen molar-refractivity contribution in [3.05, 3.63) is 70.3 Å². The van der Waals surface area contributed by atoms with Gasteiger partial charge in [0.2, 0.25) is 0 Å². The topological polar surface area (TPSA) is 69.7 Å². The second kappa shape index (κ2) is 8.03. The largest absolute Gasteiger partial charge is 0.363 e. The van der Waals surface area contributed by atoms with Crippen LogP contribution < -0.4 is 15.1 Å². The molecule has 6 nitrogen and oxygen atoms in total. The number of barbiturate groups is 1. The maximum Gasteiger partial charge on any atom is 0.335 e. The van der Waals surface area contributed by atoms with E-state index in [2.05, 4.69) is 44.0 Å². The lowest BCUT2D eigenvalue weighted by molar-refractivity contribution is -0.122. The van der Waals surface area contributed by atoms with Crippen molar-refractivity contribution in [2.75, 3.05) is 16.3 Å². The summed E-state index contributed by atoms with van der Waals surface area (Å²) in [5.41, 5.74) is 6.33. The van der Waals surface area contributed by atoms with Gasteiger partial charge in [-0.1, -0.05) is 18.2 Å². The number of anilines is 2. The molecule has 2 aliphatic rings. The van der Waals surface area contributed by atoms with Crippen LogP contribution in [0.15, 0.2) is 48.0 Å². The molecule has 2 aliphatic heterocycles. The molecule has 0 aliphatic carbocycles. The normalized spacial score (nSPS) is 18.9. The van der Waals surface area contributed by atoms with Gasteiger partial charge in [-0.05, 0) is 94.1 Å². The summed E-state index contributed by atoms with van der Waals surface area (Å²) < 4.78 is 0. The molecular formula is C27H29N3O3. The number of hydrogen-bond donors (Lipinski definition) is 1. The van der Waals surface area contributed by atoms with E-state index >= 15 is 0 Å². The van der Waals surface area contributed by atoms with Crippen LogP contribution in [0.1, 0.15) is 49.9 Å². The Morgan fingerprint density at radius 1 is 0.970 bits per heavy atom. The molecule has 0 spiro atoms. The van der Waals surface area contributed by atoms with E-state index in [0.717, 1.165) is 45.0 Å². The molecule has 2 aromatic carbocycles. The van der Waals surface area contributed by atoms with Crippen molar-refractivity contribution in [3.63, 3.8) is 0 Å². The molecule has 0 unspecified atom stereocenters. The average Bonchev–Trinajstić information content (AvgIpc) is 2.73. The number of allylic oxidation sites excluding steroid dienone is 1. The number of urea groups is 1. The zero-order valence-corrected chi connectivity index (χ0v) is 19.9. The van der Waals surface area contributed by atoms with Crippen molar-refractivity contribution in [2.45, 2.75) is 47.1 Å². The summed E-state index contributed by atoms with van der Waals surface area (Å²) in [5.74, 6) is -1.32. The van der Waals surface area contributed by atoms with Crippen LogP contribution in [-0.2, 0) is 9.59 Å². The number of amides is 4. The van der Waals surface area contributed by atoms with E-state index in [9.17, 15) is 14.4 Å². The number of imide groups is 2. The minimum Gasteiger partial charge on any atom is -0.363 e. The van der Waals surface area contributed by atoms with Gasteiger partial charge in [0, 0.05) is 17.8 Å². The third-order valence-electron chi connectivity index (χ3n) is 6.48. The first-order chi connectivity index (χ1) is 15.5. The molecule has 2 aromatic rings. The van der Waals surface area contributed by atoms with Gasteiger partial charge >= 0.3 is 6.03 Å². The predicted octanol–water partition coefficient (Wildman–Crippen LogP) is 4.99. The molecule has 0 saturated carbocycles. The molecule has 1 saturated heterocycles. The Labute approximate surface area is 194 Å². The van der Waals surface area contributed by atoms with E-state index in [1.807, 2.05) is 38.1 Å². The van der Waals surface area contributed by atoms with Crippen LogP contribution in [0.25, 0.3) is 11.6 Å². The number of fused-ring (bicyclic) bond motifs is 1. The summed E-state index contributed by atoms with van der Waals surface area (Å²) >= 11 is 0. The number of nitrogens with zero attached hydrogens (tertiary/aromatic N) is 2. The Morgan fingerprint density at radius 3 is 2.36 bits per heavy atom. The molecule has 33 heavy (non-hydrogen) atoms. The summed E-state index contributed by atoms with van der Waals surface area (Å²) in [6.45, 7) is 13.3. The lowest BCUT2D eigenvalue weighted by Gasteiger charge is -2.42. The van der Waals surface area contributed by atoms with Gasteiger partial charge in [0.1, 0.15) is 5.57 Å². The van der Waals surface area contributed by atoms with Crippen molar-refractivity contribution in [1.29, 1.82) is 0 Å². The first-order valence-corrected chi connectivity index (χ1v) is 11.1. The number of nitrogens with one attached hydrogen (secondary N) is 1. The second-order valence-electron chi connectivity index (χ2n) is 9.23. The fraction of sp³-hybridized carbons (Fsp3) is 0.296. The van der Waals surface area contributed by atoms with Gasteiger partial charge in [-0.3, -0.25) is 14.9 Å². The monoisotopic (exact) mass is 443 g/mol. The van der Waals surface area contributed by atoms with Gasteiger partial charge in [0.15, 0.2) is 0 Å². The molecular weight excluding hydrogens is 414 g/mol. The molecule has 4 amide bonds. The summed E-state index contributed by atoms with van der Waals surface area (Å²) in [5, 5.41) is 2.30. The summed E-state index contributed by atoms with van der Waals surface area (Å²) in [6, 6.07) is 10.5. The molecule has 170 valence electrons. The smallest absolute Gasteiger partial charge is 0.335 e. The van der Waals surface area contributed by atoms with Gasteiger partial charge in [0.25, 0.3) is 11.8 Å². The van der Waals surface area contributed by atoms with Crippen molar-refractivity contribution in [1.82, 2.24) is 5.32 Å². The van der Waals surface area contributed by atoms with E-state index < -0.39 is 17.8 Å². The fourth-order valence-electron chi connectivity index (χ4n) is 4.69. The number of rotatable bonds is 3. The van der Waals surface area contributed by atoms with E-state index in [0.29, 0.717) is 5.69 Å². The number of hydrogen-bond acceptors (Lipinski definition) is 4. The quantitative estimate of drug-likeness (QED) is 0.536. The van der Waals surface area contributed by atoms with Crippen LogP contribution in [0.3, 0.4) is 0 Å². The molecule has 1 N–H and O–H groups in total. The number of likely N-dealkylation sites (N-methyl/N-ethyl adjacent to an activating group) is 1. The average molecular weight is 444 g/mol. The highest BCUT2D eigenvalue weighted by atomic mass is 16.2. The van der Waals surface area contributed by atoms with Crippen molar-refractivity contribution < 1.29 is 14.4 Å². The van der Waals surface area contributed by atoms with Crippen molar-refractivity contribution >= 4 is 40.9 Å². The molecule has 0 radical (unpaired) electrons. The minimum absolute atomic E-state index is 0.0714. The second-order valence-corrected chi connectivity index (χ2v) is 9.23. The fourth-order valence-corrected chi connectivity index (χ4v) is 4.69. The van der Waals surface area contributed by atoms with E-state index in [-0.39, 0.29) is 11.1 Å². The Morgan fingerprint density at radius 2 is 1.70 bits per heavy atom. The number of carbonyl (C=O) groups excluding carboxylic acids is 3. The van der Waals surface area contributed by atoms with E-state index in [1.54, 1.807) is 18.2 Å². The Kier molecular flexibility index (Phi) is 5.48. The maximum absolute atomic E-state index is 13.2. The Hall–Kier alpha value is -3.67. The Balaban J connectivity index is 1.75. The maximum atomic E-state index is 13.2. The van der Waals surface area contributed by atoms with Gasteiger partial charge < -0.3 is 4.90 Å². The van der Waals surface area contributed by atoms with Gasteiger partial charge in [-0.25, -0.2) is 9.69 Å². The van der Waals surface area contributed by atoms with Crippen molar-refractivity contribution in [3.8, 4) is 0 Å². The molecule has 0 aromatic heterocycles. The zero-order valence-electron chi connectivity index (χ0n) is 19.9. The first-order valence-electron chi connectivity index (χ1n) is 11.1. The summed E-state index contributed by atoms with van der Waals surface area (Å²) in [7, 11) is 0. The highest BCUT2D eigenvalue weighted by Crippen LogP contribution is 2.39. The van der Waals surface area contributed by atoms with E-state index in [1.165, 1.54) is 0 Å². The molecule has 6 heteroatoms. The lowest BCUT2D eigenvalue weighted by atomic mass is 9.88. The van der Waals surface area contributed by atoms with Crippen LogP contribution in [0.4, 0.5) is 16.2 Å². The molecule has 2 heterocycles. The van der Waals surface area contributed by atoms with Gasteiger partial charge in [-0.2, -0.15) is 0 Å². The highest BCUT2D eigenvalue weighted by molar-refractivity contribution is 6.39. The van der Waals surface area contributed by atoms with Gasteiger partial charge in [-0.15, -0.1) is 0 Å². The van der Waals surface area contributed by atoms with Crippen LogP contribution in [0.2, 0.25) is 0 Å². The minimum atomic E-state index is -0.740. The summed E-state index contributed by atoms with van der Waals surface area (Å²) in [4.78, 5) is 41.7. The third-order valence-corrected chi connectivity index (χ3v) is 6.48. The molecule has 0 atom stereocenters.